The van der Waals surface area contributed by atoms with E-state index in [0.717, 1.165) is 0 Å². The van der Waals surface area contributed by atoms with Gasteiger partial charge in [0.05, 0.1) is 11.9 Å². The van der Waals surface area contributed by atoms with Gasteiger partial charge in [-0.05, 0) is 12.1 Å². The summed E-state index contributed by atoms with van der Waals surface area (Å²) in [6, 6.07) is 5.44. The van der Waals surface area contributed by atoms with Crippen LogP contribution in [0, 0.1) is 0 Å². The number of nitrogens with one attached hydrogen (secondary N) is 1. The Balaban J connectivity index is 2.48. The Bertz CT molecular complexity index is 431. The van der Waals surface area contributed by atoms with E-state index in [1.165, 1.54) is 6.20 Å². The first-order chi connectivity index (χ1) is 6.36. The molecule has 0 bridgehead atoms. The molecule has 13 heavy (non-hydrogen) atoms. The highest BCUT2D eigenvalue weighted by Crippen LogP contribution is 2.08. The highest BCUT2D eigenvalue weighted by molar-refractivity contribution is 5.50. The van der Waals surface area contributed by atoms with Gasteiger partial charge in [-0.15, -0.1) is 0 Å². The molecule has 64 valence electrons. The molecule has 0 unspecified atom stereocenters. The van der Waals surface area contributed by atoms with E-state index in [2.05, 4.69) is 20.2 Å². The van der Waals surface area contributed by atoms with Crippen LogP contribution in [0.25, 0.3) is 11.4 Å². The van der Waals surface area contributed by atoms with Gasteiger partial charge in [0.15, 0.2) is 0 Å². The van der Waals surface area contributed by atoms with E-state index in [1.807, 2.05) is 12.1 Å². The SMILES string of the molecule is O=c1ncc(-c2ccccn2)n[nH]1. The third kappa shape index (κ3) is 1.58. The number of nitrogens with zero attached hydrogens (tertiary/aromatic N) is 3. The molecule has 5 heteroatoms. The van der Waals surface area contributed by atoms with E-state index >= 15 is 0 Å². The quantitative estimate of drug-likeness (QED) is 0.671. The van der Waals surface area contributed by atoms with Crippen molar-refractivity contribution in [1.82, 2.24) is 20.2 Å². The molecule has 2 rings (SSSR count). The van der Waals surface area contributed by atoms with Crippen LogP contribution in [0.3, 0.4) is 0 Å². The van der Waals surface area contributed by atoms with Gasteiger partial charge in [0.25, 0.3) is 0 Å². The van der Waals surface area contributed by atoms with Crippen molar-refractivity contribution in [3.05, 3.63) is 41.1 Å². The first kappa shape index (κ1) is 7.60. The fourth-order valence-corrected chi connectivity index (χ4v) is 0.923. The van der Waals surface area contributed by atoms with Gasteiger partial charge in [-0.2, -0.15) is 10.1 Å². The van der Waals surface area contributed by atoms with Crippen molar-refractivity contribution < 1.29 is 0 Å². The van der Waals surface area contributed by atoms with Crippen molar-refractivity contribution in [2.75, 3.05) is 0 Å². The van der Waals surface area contributed by atoms with E-state index in [1.54, 1.807) is 12.3 Å². The zero-order chi connectivity index (χ0) is 9.10. The summed E-state index contributed by atoms with van der Waals surface area (Å²) in [5.41, 5.74) is 0.783. The molecule has 1 N–H and O–H groups in total. The number of pyridine rings is 1. The van der Waals surface area contributed by atoms with Crippen LogP contribution in [-0.4, -0.2) is 20.2 Å². The summed E-state index contributed by atoms with van der Waals surface area (Å²) in [4.78, 5) is 18.2. The van der Waals surface area contributed by atoms with Crippen LogP contribution in [0.2, 0.25) is 0 Å². The van der Waals surface area contributed by atoms with E-state index in [0.29, 0.717) is 11.4 Å². The largest absolute Gasteiger partial charge is 0.361 e. The van der Waals surface area contributed by atoms with Gasteiger partial charge in [0.2, 0.25) is 0 Å². The second kappa shape index (κ2) is 3.14. The van der Waals surface area contributed by atoms with E-state index in [4.69, 9.17) is 0 Å². The minimum absolute atomic E-state index is 0.459. The molecule has 0 aliphatic carbocycles. The summed E-state index contributed by atoms with van der Waals surface area (Å²) in [5.74, 6) is 0. The van der Waals surface area contributed by atoms with Gasteiger partial charge in [0.1, 0.15) is 5.69 Å². The molecule has 0 aliphatic heterocycles. The highest BCUT2D eigenvalue weighted by atomic mass is 16.1. The highest BCUT2D eigenvalue weighted by Gasteiger charge is 1.98. The Morgan fingerprint density at radius 2 is 2.08 bits per heavy atom. The smallest absolute Gasteiger partial charge is 0.254 e. The first-order valence-corrected chi connectivity index (χ1v) is 3.69. The average Bonchev–Trinajstić information content (AvgIpc) is 2.20. The average molecular weight is 174 g/mol. The topological polar surface area (TPSA) is 71.5 Å². The Morgan fingerprint density at radius 3 is 2.69 bits per heavy atom. The minimum atomic E-state index is -0.459. The van der Waals surface area contributed by atoms with Gasteiger partial charge < -0.3 is 0 Å². The summed E-state index contributed by atoms with van der Waals surface area (Å²) >= 11 is 0. The van der Waals surface area contributed by atoms with Crippen LogP contribution in [0.15, 0.2) is 35.4 Å². The molecular weight excluding hydrogens is 168 g/mol. The molecule has 0 aromatic carbocycles. The maximum absolute atomic E-state index is 10.6. The fourth-order valence-electron chi connectivity index (χ4n) is 0.923. The van der Waals surface area contributed by atoms with Gasteiger partial charge in [-0.25, -0.2) is 9.89 Å². The Morgan fingerprint density at radius 1 is 1.15 bits per heavy atom. The molecule has 2 heterocycles. The van der Waals surface area contributed by atoms with Crippen LogP contribution in [0.4, 0.5) is 0 Å². The molecule has 0 radical (unpaired) electrons. The number of hydrogen-bond acceptors (Lipinski definition) is 4. The van der Waals surface area contributed by atoms with Crippen LogP contribution in [0.5, 0.6) is 0 Å². The van der Waals surface area contributed by atoms with Crippen molar-refractivity contribution in [2.24, 2.45) is 0 Å². The molecular formula is C8H6N4O. The Hall–Kier alpha value is -2.04. The van der Waals surface area contributed by atoms with Gasteiger partial charge >= 0.3 is 5.69 Å². The lowest BCUT2D eigenvalue weighted by Gasteiger charge is -1.95. The van der Waals surface area contributed by atoms with Crippen LogP contribution >= 0.6 is 0 Å². The number of H-pyrrole nitrogens is 1. The predicted molar refractivity (Wildman–Crippen MR) is 45.9 cm³/mol. The Kier molecular flexibility index (Phi) is 1.84. The van der Waals surface area contributed by atoms with Gasteiger partial charge in [-0.3, -0.25) is 4.98 Å². The molecule has 0 spiro atoms. The summed E-state index contributed by atoms with van der Waals surface area (Å²) in [6.45, 7) is 0. The van der Waals surface area contributed by atoms with Crippen LogP contribution in [-0.2, 0) is 0 Å². The van der Waals surface area contributed by atoms with E-state index < -0.39 is 5.69 Å². The molecule has 0 saturated heterocycles. The number of aromatic amines is 1. The monoisotopic (exact) mass is 174 g/mol. The van der Waals surface area contributed by atoms with Crippen molar-refractivity contribution in [1.29, 1.82) is 0 Å². The second-order valence-electron chi connectivity index (χ2n) is 2.39. The maximum Gasteiger partial charge on any atom is 0.361 e. The standard InChI is InChI=1S/C8H6N4O/c13-8-10-5-7(11-12-8)6-3-1-2-4-9-6/h1-5H,(H,10,12,13). The minimum Gasteiger partial charge on any atom is -0.254 e. The number of hydrogen-bond donors (Lipinski definition) is 1. The number of aromatic nitrogens is 4. The molecule has 0 saturated carbocycles. The summed E-state index contributed by atoms with van der Waals surface area (Å²) in [5, 5.41) is 6.03. The third-order valence-corrected chi connectivity index (χ3v) is 1.50. The third-order valence-electron chi connectivity index (χ3n) is 1.50. The molecule has 0 atom stereocenters. The molecule has 5 nitrogen and oxygen atoms in total. The van der Waals surface area contributed by atoms with Crippen LogP contribution in [0.1, 0.15) is 0 Å². The van der Waals surface area contributed by atoms with Crippen LogP contribution < -0.4 is 5.69 Å². The summed E-state index contributed by atoms with van der Waals surface area (Å²) in [6.07, 6.45) is 3.04. The fraction of sp³-hybridized carbons (Fsp3) is 0. The van der Waals surface area contributed by atoms with Crippen molar-refractivity contribution in [3.63, 3.8) is 0 Å². The lowest BCUT2D eigenvalue weighted by Crippen LogP contribution is -2.11. The summed E-state index contributed by atoms with van der Waals surface area (Å²) < 4.78 is 0. The lowest BCUT2D eigenvalue weighted by atomic mass is 10.3. The molecule has 0 fully saturated rings. The molecule has 2 aromatic heterocycles. The predicted octanol–water partition coefficient (Wildman–Crippen LogP) is 0.227. The Labute approximate surface area is 73.5 Å². The van der Waals surface area contributed by atoms with Gasteiger partial charge in [0, 0.05) is 6.20 Å². The van der Waals surface area contributed by atoms with Crippen molar-refractivity contribution in [2.45, 2.75) is 0 Å². The lowest BCUT2D eigenvalue weighted by molar-refractivity contribution is 0.916. The molecule has 0 amide bonds. The van der Waals surface area contributed by atoms with E-state index in [-0.39, 0.29) is 0 Å². The molecule has 2 aromatic rings. The molecule has 0 aliphatic rings. The van der Waals surface area contributed by atoms with E-state index in [9.17, 15) is 4.79 Å². The van der Waals surface area contributed by atoms with Crippen molar-refractivity contribution in [3.8, 4) is 11.4 Å². The van der Waals surface area contributed by atoms with Crippen molar-refractivity contribution >= 4 is 0 Å². The summed E-state index contributed by atoms with van der Waals surface area (Å²) in [7, 11) is 0. The maximum atomic E-state index is 10.6. The number of rotatable bonds is 1. The first-order valence-electron chi connectivity index (χ1n) is 3.69. The zero-order valence-corrected chi connectivity index (χ0v) is 6.64. The second-order valence-corrected chi connectivity index (χ2v) is 2.39. The zero-order valence-electron chi connectivity index (χ0n) is 6.64. The van der Waals surface area contributed by atoms with Gasteiger partial charge in [-0.1, -0.05) is 6.07 Å². The normalized spacial score (nSPS) is 9.85.